The molecule has 2 saturated heterocycles. The van der Waals surface area contributed by atoms with Crippen LogP contribution in [-0.2, 0) is 4.79 Å². The largest absolute Gasteiger partial charge is 0.487 e. The SMILES string of the molecule is O=C(C[C@@H]1CC2(CCN(C(=O)N3CCCC3)CC2)Oc2ccccc21)NC1CCC1. The van der Waals surface area contributed by atoms with Crippen LogP contribution in [0, 0.1) is 0 Å². The van der Waals surface area contributed by atoms with Gasteiger partial charge in [0.2, 0.25) is 5.91 Å². The fraction of sp³-hybridized carbons (Fsp3) is 0.667. The van der Waals surface area contributed by atoms with Gasteiger partial charge < -0.3 is 19.9 Å². The van der Waals surface area contributed by atoms with E-state index in [0.29, 0.717) is 12.5 Å². The van der Waals surface area contributed by atoms with Crippen molar-refractivity contribution >= 4 is 11.9 Å². The summed E-state index contributed by atoms with van der Waals surface area (Å²) in [5.74, 6) is 1.26. The lowest BCUT2D eigenvalue weighted by atomic mass is 9.76. The Morgan fingerprint density at radius 1 is 1.00 bits per heavy atom. The second-order valence-corrected chi connectivity index (χ2v) is 9.59. The molecule has 4 aliphatic rings. The molecule has 1 atom stereocenters. The standard InChI is InChI=1S/C24H33N3O3/c28-22(25-19-6-5-7-19)16-18-17-24(30-21-9-2-1-8-20(18)21)10-14-27(15-11-24)23(29)26-12-3-4-13-26/h1-2,8-9,18-19H,3-7,10-17H2,(H,25,28)/t18-/m1/s1. The third-order valence-corrected chi connectivity index (χ3v) is 7.53. The van der Waals surface area contributed by atoms with Crippen LogP contribution in [0.5, 0.6) is 5.75 Å². The first-order valence-corrected chi connectivity index (χ1v) is 11.7. The van der Waals surface area contributed by atoms with Crippen molar-refractivity contribution in [1.82, 2.24) is 15.1 Å². The molecule has 3 heterocycles. The van der Waals surface area contributed by atoms with Crippen molar-refractivity contribution in [3.8, 4) is 5.75 Å². The zero-order chi connectivity index (χ0) is 20.6. The predicted molar refractivity (Wildman–Crippen MR) is 115 cm³/mol. The minimum atomic E-state index is -0.266. The van der Waals surface area contributed by atoms with E-state index in [-0.39, 0.29) is 23.5 Å². The predicted octanol–water partition coefficient (Wildman–Crippen LogP) is 3.66. The van der Waals surface area contributed by atoms with Crippen molar-refractivity contribution in [2.45, 2.75) is 75.3 Å². The topological polar surface area (TPSA) is 61.9 Å². The van der Waals surface area contributed by atoms with Gasteiger partial charge in [0.25, 0.3) is 0 Å². The summed E-state index contributed by atoms with van der Waals surface area (Å²) in [7, 11) is 0. The second kappa shape index (κ2) is 8.12. The van der Waals surface area contributed by atoms with Gasteiger partial charge in [-0.1, -0.05) is 18.2 Å². The van der Waals surface area contributed by atoms with Crippen molar-refractivity contribution in [3.63, 3.8) is 0 Å². The number of hydrogen-bond donors (Lipinski definition) is 1. The van der Waals surface area contributed by atoms with E-state index in [9.17, 15) is 9.59 Å². The van der Waals surface area contributed by atoms with E-state index in [1.165, 1.54) is 6.42 Å². The summed E-state index contributed by atoms with van der Waals surface area (Å²) in [5, 5.41) is 3.20. The molecule has 3 amide bonds. The number of urea groups is 1. The Morgan fingerprint density at radius 2 is 1.70 bits per heavy atom. The van der Waals surface area contributed by atoms with Crippen LogP contribution in [0.2, 0.25) is 0 Å². The molecule has 0 radical (unpaired) electrons. The number of fused-ring (bicyclic) bond motifs is 1. The number of piperidine rings is 1. The lowest BCUT2D eigenvalue weighted by molar-refractivity contribution is -0.123. The van der Waals surface area contributed by atoms with Crippen molar-refractivity contribution in [3.05, 3.63) is 29.8 Å². The first kappa shape index (κ1) is 19.7. The first-order valence-electron chi connectivity index (χ1n) is 11.7. The molecule has 1 spiro atoms. The third-order valence-electron chi connectivity index (χ3n) is 7.53. The Bertz CT molecular complexity index is 793. The molecule has 162 valence electrons. The van der Waals surface area contributed by atoms with Gasteiger partial charge in [-0.15, -0.1) is 0 Å². The Hall–Kier alpha value is -2.24. The van der Waals surface area contributed by atoms with Crippen LogP contribution in [0.1, 0.15) is 69.3 Å². The van der Waals surface area contributed by atoms with Crippen LogP contribution in [0.25, 0.3) is 0 Å². The van der Waals surface area contributed by atoms with Gasteiger partial charge in [0, 0.05) is 57.4 Å². The number of nitrogens with one attached hydrogen (secondary N) is 1. The molecular formula is C24H33N3O3. The molecule has 3 fully saturated rings. The zero-order valence-electron chi connectivity index (χ0n) is 17.8. The summed E-state index contributed by atoms with van der Waals surface area (Å²) in [6, 6.07) is 8.75. The van der Waals surface area contributed by atoms with E-state index in [2.05, 4.69) is 11.4 Å². The summed E-state index contributed by atoms with van der Waals surface area (Å²) >= 11 is 0. The number of benzene rings is 1. The Morgan fingerprint density at radius 3 is 2.40 bits per heavy atom. The van der Waals surface area contributed by atoms with Gasteiger partial charge >= 0.3 is 6.03 Å². The summed E-state index contributed by atoms with van der Waals surface area (Å²) in [6.07, 6.45) is 8.73. The molecule has 1 N–H and O–H groups in total. The summed E-state index contributed by atoms with van der Waals surface area (Å²) in [6.45, 7) is 3.25. The van der Waals surface area contributed by atoms with Crippen molar-refractivity contribution < 1.29 is 14.3 Å². The number of para-hydroxylation sites is 1. The van der Waals surface area contributed by atoms with E-state index in [4.69, 9.17) is 4.74 Å². The van der Waals surface area contributed by atoms with E-state index in [1.54, 1.807) is 0 Å². The van der Waals surface area contributed by atoms with Crippen molar-refractivity contribution in [2.24, 2.45) is 0 Å². The molecule has 0 unspecified atom stereocenters. The number of carbonyl (C=O) groups excluding carboxylic acids is 2. The monoisotopic (exact) mass is 411 g/mol. The molecule has 0 aromatic heterocycles. The normalized spacial score (nSPS) is 25.4. The summed E-state index contributed by atoms with van der Waals surface area (Å²) in [5.41, 5.74) is 0.889. The fourth-order valence-electron chi connectivity index (χ4n) is 5.51. The van der Waals surface area contributed by atoms with E-state index in [0.717, 1.165) is 82.4 Å². The molecule has 0 bridgehead atoms. The number of hydrogen-bond acceptors (Lipinski definition) is 3. The zero-order valence-corrected chi connectivity index (χ0v) is 17.8. The van der Waals surface area contributed by atoms with Crippen LogP contribution in [0.3, 0.4) is 0 Å². The highest BCUT2D eigenvalue weighted by molar-refractivity contribution is 5.77. The van der Waals surface area contributed by atoms with Gasteiger partial charge in [-0.05, 0) is 50.2 Å². The summed E-state index contributed by atoms with van der Waals surface area (Å²) in [4.78, 5) is 29.4. The maximum atomic E-state index is 12.8. The Balaban J connectivity index is 1.27. The molecule has 6 heteroatoms. The highest BCUT2D eigenvalue weighted by Gasteiger charge is 2.45. The molecule has 1 aromatic rings. The van der Waals surface area contributed by atoms with Crippen LogP contribution in [-0.4, -0.2) is 59.6 Å². The highest BCUT2D eigenvalue weighted by atomic mass is 16.5. The Labute approximate surface area is 178 Å². The van der Waals surface area contributed by atoms with Gasteiger partial charge in [0.15, 0.2) is 0 Å². The average molecular weight is 412 g/mol. The third kappa shape index (κ3) is 3.88. The first-order chi connectivity index (χ1) is 14.6. The minimum absolute atomic E-state index is 0.165. The van der Waals surface area contributed by atoms with E-state index in [1.807, 2.05) is 28.0 Å². The van der Waals surface area contributed by atoms with Gasteiger partial charge in [0.1, 0.15) is 11.4 Å². The molecule has 1 aromatic carbocycles. The van der Waals surface area contributed by atoms with Crippen LogP contribution < -0.4 is 10.1 Å². The van der Waals surface area contributed by atoms with Crippen LogP contribution in [0.4, 0.5) is 4.79 Å². The maximum Gasteiger partial charge on any atom is 0.320 e. The van der Waals surface area contributed by atoms with Gasteiger partial charge in [-0.2, -0.15) is 0 Å². The molecular weight excluding hydrogens is 378 g/mol. The Kier molecular flexibility index (Phi) is 5.34. The molecule has 6 nitrogen and oxygen atoms in total. The van der Waals surface area contributed by atoms with E-state index < -0.39 is 0 Å². The highest BCUT2D eigenvalue weighted by Crippen LogP contribution is 2.46. The molecule has 1 aliphatic carbocycles. The van der Waals surface area contributed by atoms with Crippen LogP contribution in [0.15, 0.2) is 24.3 Å². The molecule has 3 aliphatic heterocycles. The quantitative estimate of drug-likeness (QED) is 0.826. The number of amides is 3. The molecule has 1 saturated carbocycles. The minimum Gasteiger partial charge on any atom is -0.487 e. The lowest BCUT2D eigenvalue weighted by Crippen LogP contribution is -2.54. The number of nitrogens with zero attached hydrogens (tertiary/aromatic N) is 2. The lowest BCUT2D eigenvalue weighted by Gasteiger charge is -2.47. The van der Waals surface area contributed by atoms with Gasteiger partial charge in [0.05, 0.1) is 0 Å². The average Bonchev–Trinajstić information content (AvgIpc) is 3.26. The van der Waals surface area contributed by atoms with E-state index >= 15 is 0 Å². The van der Waals surface area contributed by atoms with Gasteiger partial charge in [-0.3, -0.25) is 4.79 Å². The van der Waals surface area contributed by atoms with Crippen molar-refractivity contribution in [1.29, 1.82) is 0 Å². The number of carbonyl (C=O) groups is 2. The molecule has 5 rings (SSSR count). The maximum absolute atomic E-state index is 12.8. The smallest absolute Gasteiger partial charge is 0.320 e. The second-order valence-electron chi connectivity index (χ2n) is 9.59. The van der Waals surface area contributed by atoms with Gasteiger partial charge in [-0.25, -0.2) is 4.79 Å². The molecule has 30 heavy (non-hydrogen) atoms. The fourth-order valence-corrected chi connectivity index (χ4v) is 5.51. The number of likely N-dealkylation sites (tertiary alicyclic amines) is 2. The number of ether oxygens (including phenoxy) is 1. The van der Waals surface area contributed by atoms with Crippen molar-refractivity contribution in [2.75, 3.05) is 26.2 Å². The summed E-state index contributed by atoms with van der Waals surface area (Å²) < 4.78 is 6.56. The number of rotatable bonds is 3. The van der Waals surface area contributed by atoms with Crippen LogP contribution >= 0.6 is 0 Å².